The number of rotatable bonds is 2. The number of carbonyl (C=O) groups is 1. The van der Waals surface area contributed by atoms with E-state index in [2.05, 4.69) is 21.2 Å². The van der Waals surface area contributed by atoms with Gasteiger partial charge in [0.25, 0.3) is 5.91 Å². The molecule has 1 aliphatic heterocycles. The number of amides is 1. The van der Waals surface area contributed by atoms with Crippen LogP contribution in [0.4, 0.5) is 10.1 Å². The Morgan fingerprint density at radius 2 is 1.71 bits per heavy atom. The summed E-state index contributed by atoms with van der Waals surface area (Å²) in [5.74, 6) is 0.471. The lowest BCUT2D eigenvalue weighted by Crippen LogP contribution is -2.17. The van der Waals surface area contributed by atoms with Crippen molar-refractivity contribution in [3.05, 3.63) is 52.3 Å². The molecule has 2 aromatic carbocycles. The third-order valence-electron chi connectivity index (χ3n) is 2.98. The SMILES string of the molecule is O=C(Nc1ccc(F)cc1)c1cc2c(cc1Br)OCCO2. The van der Waals surface area contributed by atoms with Crippen molar-refractivity contribution in [2.24, 2.45) is 0 Å². The van der Waals surface area contributed by atoms with E-state index in [1.165, 1.54) is 24.3 Å². The van der Waals surface area contributed by atoms with Crippen molar-refractivity contribution < 1.29 is 18.7 Å². The molecule has 1 heterocycles. The van der Waals surface area contributed by atoms with Crippen LogP contribution in [0.15, 0.2) is 40.9 Å². The van der Waals surface area contributed by atoms with Crippen molar-refractivity contribution in [2.75, 3.05) is 18.5 Å². The average Bonchev–Trinajstić information content (AvgIpc) is 2.49. The Morgan fingerprint density at radius 1 is 1.10 bits per heavy atom. The van der Waals surface area contributed by atoms with Gasteiger partial charge < -0.3 is 14.8 Å². The average molecular weight is 352 g/mol. The summed E-state index contributed by atoms with van der Waals surface area (Å²) in [6.45, 7) is 0.939. The number of fused-ring (bicyclic) bond motifs is 1. The van der Waals surface area contributed by atoms with Crippen LogP contribution in [0.1, 0.15) is 10.4 Å². The van der Waals surface area contributed by atoms with Crippen LogP contribution in [0.2, 0.25) is 0 Å². The first-order chi connectivity index (χ1) is 10.1. The van der Waals surface area contributed by atoms with E-state index >= 15 is 0 Å². The first-order valence-electron chi connectivity index (χ1n) is 6.29. The van der Waals surface area contributed by atoms with Crippen LogP contribution >= 0.6 is 15.9 Å². The molecule has 3 rings (SSSR count). The minimum absolute atomic E-state index is 0.314. The smallest absolute Gasteiger partial charge is 0.256 e. The van der Waals surface area contributed by atoms with Crippen LogP contribution in [-0.2, 0) is 0 Å². The fourth-order valence-electron chi connectivity index (χ4n) is 1.97. The van der Waals surface area contributed by atoms with E-state index in [0.717, 1.165) is 0 Å². The maximum absolute atomic E-state index is 12.8. The Bertz CT molecular complexity index is 688. The third-order valence-corrected chi connectivity index (χ3v) is 3.63. The molecule has 0 saturated carbocycles. The van der Waals surface area contributed by atoms with Crippen molar-refractivity contribution >= 4 is 27.5 Å². The fraction of sp³-hybridized carbons (Fsp3) is 0.133. The van der Waals surface area contributed by atoms with Crippen LogP contribution < -0.4 is 14.8 Å². The van der Waals surface area contributed by atoms with E-state index in [-0.39, 0.29) is 11.7 Å². The summed E-state index contributed by atoms with van der Waals surface area (Å²) >= 11 is 3.34. The van der Waals surface area contributed by atoms with Gasteiger partial charge in [-0.25, -0.2) is 4.39 Å². The molecule has 1 N–H and O–H groups in total. The molecule has 0 aromatic heterocycles. The molecule has 0 fully saturated rings. The highest BCUT2D eigenvalue weighted by Gasteiger charge is 2.18. The van der Waals surface area contributed by atoms with Crippen molar-refractivity contribution in [3.8, 4) is 11.5 Å². The zero-order chi connectivity index (χ0) is 14.8. The molecule has 1 amide bonds. The lowest BCUT2D eigenvalue weighted by atomic mass is 10.1. The molecule has 0 radical (unpaired) electrons. The summed E-state index contributed by atoms with van der Waals surface area (Å²) in [7, 11) is 0. The standard InChI is InChI=1S/C15H11BrFNO3/c16-12-8-14-13(20-5-6-21-14)7-11(12)15(19)18-10-3-1-9(17)2-4-10/h1-4,7-8H,5-6H2,(H,18,19). The van der Waals surface area contributed by atoms with E-state index in [1.807, 2.05) is 0 Å². The number of anilines is 1. The zero-order valence-corrected chi connectivity index (χ0v) is 12.4. The second kappa shape index (κ2) is 5.73. The molecule has 4 nitrogen and oxygen atoms in total. The lowest BCUT2D eigenvalue weighted by Gasteiger charge is -2.19. The highest BCUT2D eigenvalue weighted by atomic mass is 79.9. The van der Waals surface area contributed by atoms with Gasteiger partial charge in [-0.05, 0) is 52.3 Å². The van der Waals surface area contributed by atoms with Gasteiger partial charge in [0.2, 0.25) is 0 Å². The quantitative estimate of drug-likeness (QED) is 0.898. The van der Waals surface area contributed by atoms with E-state index in [9.17, 15) is 9.18 Å². The molecule has 108 valence electrons. The summed E-state index contributed by atoms with van der Waals surface area (Å²) in [6.07, 6.45) is 0. The monoisotopic (exact) mass is 351 g/mol. The van der Waals surface area contributed by atoms with E-state index in [1.54, 1.807) is 12.1 Å². The summed E-state index contributed by atoms with van der Waals surface area (Å²) in [5, 5.41) is 2.70. The Kier molecular flexibility index (Phi) is 3.79. The van der Waals surface area contributed by atoms with Gasteiger partial charge in [-0.2, -0.15) is 0 Å². The van der Waals surface area contributed by atoms with Crippen molar-refractivity contribution in [1.29, 1.82) is 0 Å². The molecule has 0 aliphatic carbocycles. The van der Waals surface area contributed by atoms with Crippen LogP contribution in [-0.4, -0.2) is 19.1 Å². The molecule has 6 heteroatoms. The first-order valence-corrected chi connectivity index (χ1v) is 7.09. The largest absolute Gasteiger partial charge is 0.486 e. The van der Waals surface area contributed by atoms with Crippen LogP contribution in [0.5, 0.6) is 11.5 Å². The molecule has 0 bridgehead atoms. The maximum Gasteiger partial charge on any atom is 0.256 e. The highest BCUT2D eigenvalue weighted by Crippen LogP contribution is 2.35. The maximum atomic E-state index is 12.8. The van der Waals surface area contributed by atoms with Crippen LogP contribution in [0, 0.1) is 5.82 Å². The number of ether oxygens (including phenoxy) is 2. The number of nitrogens with one attached hydrogen (secondary N) is 1. The second-order valence-corrected chi connectivity index (χ2v) is 5.29. The Balaban J connectivity index is 1.85. The summed E-state index contributed by atoms with van der Waals surface area (Å²) < 4.78 is 24.4. The van der Waals surface area contributed by atoms with E-state index < -0.39 is 0 Å². The fourth-order valence-corrected chi connectivity index (χ4v) is 2.47. The molecule has 21 heavy (non-hydrogen) atoms. The molecule has 2 aromatic rings. The van der Waals surface area contributed by atoms with Gasteiger partial charge in [0.1, 0.15) is 19.0 Å². The highest BCUT2D eigenvalue weighted by molar-refractivity contribution is 9.10. The number of hydrogen-bond donors (Lipinski definition) is 1. The van der Waals surface area contributed by atoms with Gasteiger partial charge in [0.15, 0.2) is 11.5 Å². The lowest BCUT2D eigenvalue weighted by molar-refractivity contribution is 0.102. The molecular weight excluding hydrogens is 341 g/mol. The van der Waals surface area contributed by atoms with Gasteiger partial charge in [0.05, 0.1) is 5.56 Å². The third kappa shape index (κ3) is 3.00. The minimum atomic E-state index is -0.353. The van der Waals surface area contributed by atoms with Gasteiger partial charge in [0, 0.05) is 10.2 Å². The number of benzene rings is 2. The number of hydrogen-bond acceptors (Lipinski definition) is 3. The normalized spacial score (nSPS) is 12.9. The second-order valence-electron chi connectivity index (χ2n) is 4.44. The molecule has 0 saturated heterocycles. The first kappa shape index (κ1) is 13.9. The van der Waals surface area contributed by atoms with Gasteiger partial charge in [-0.3, -0.25) is 4.79 Å². The Hall–Kier alpha value is -2.08. The van der Waals surface area contributed by atoms with Gasteiger partial charge in [-0.15, -0.1) is 0 Å². The van der Waals surface area contributed by atoms with Crippen LogP contribution in [0.3, 0.4) is 0 Å². The Labute approximate surface area is 129 Å². The van der Waals surface area contributed by atoms with Gasteiger partial charge in [-0.1, -0.05) is 0 Å². The predicted octanol–water partition coefficient (Wildman–Crippen LogP) is 3.61. The molecule has 1 aliphatic rings. The van der Waals surface area contributed by atoms with Crippen molar-refractivity contribution in [1.82, 2.24) is 0 Å². The molecular formula is C15H11BrFNO3. The van der Waals surface area contributed by atoms with E-state index in [0.29, 0.717) is 40.4 Å². The van der Waals surface area contributed by atoms with Gasteiger partial charge >= 0.3 is 0 Å². The summed E-state index contributed by atoms with van der Waals surface area (Å²) in [4.78, 5) is 12.3. The molecule has 0 atom stereocenters. The summed E-state index contributed by atoms with van der Waals surface area (Å²) in [5.41, 5.74) is 0.937. The Morgan fingerprint density at radius 3 is 2.38 bits per heavy atom. The number of halogens is 2. The van der Waals surface area contributed by atoms with Crippen molar-refractivity contribution in [2.45, 2.75) is 0 Å². The molecule has 0 unspecified atom stereocenters. The predicted molar refractivity (Wildman–Crippen MR) is 79.5 cm³/mol. The van der Waals surface area contributed by atoms with E-state index in [4.69, 9.17) is 9.47 Å². The zero-order valence-electron chi connectivity index (χ0n) is 10.9. The topological polar surface area (TPSA) is 47.6 Å². The minimum Gasteiger partial charge on any atom is -0.486 e. The molecule has 0 spiro atoms. The van der Waals surface area contributed by atoms with Crippen LogP contribution in [0.25, 0.3) is 0 Å². The van der Waals surface area contributed by atoms with Crippen molar-refractivity contribution in [3.63, 3.8) is 0 Å². The summed E-state index contributed by atoms with van der Waals surface area (Å²) in [6, 6.07) is 8.90. The number of carbonyl (C=O) groups excluding carboxylic acids is 1.